The van der Waals surface area contributed by atoms with Crippen LogP contribution in [0.2, 0.25) is 5.02 Å². The third kappa shape index (κ3) is 3.81. The van der Waals surface area contributed by atoms with Crippen molar-refractivity contribution >= 4 is 29.0 Å². The molecule has 1 amide bonds. The molecule has 1 heterocycles. The standard InChI is InChI=1S/C20H19ClN2O6/c1-10(24)11-7-8-15-13(9-11)17(18(25)20(2,3)29-15)22-19(26)12-5-4-6-14(16(12)21)23(27)28/h4-9,17-18,25H,1-3H3,(H,22,26)/t17-,18+/m0/s1. The Balaban J connectivity index is 2.03. The van der Waals surface area contributed by atoms with Gasteiger partial charge in [-0.2, -0.15) is 0 Å². The molecule has 0 aliphatic carbocycles. The van der Waals surface area contributed by atoms with Crippen LogP contribution in [-0.2, 0) is 0 Å². The Labute approximate surface area is 171 Å². The van der Waals surface area contributed by atoms with Crippen LogP contribution in [-0.4, -0.2) is 33.4 Å². The maximum Gasteiger partial charge on any atom is 0.288 e. The Kier molecular flexibility index (Phi) is 5.34. The van der Waals surface area contributed by atoms with Crippen molar-refractivity contribution < 1.29 is 24.4 Å². The minimum Gasteiger partial charge on any atom is -0.485 e. The van der Waals surface area contributed by atoms with Crippen molar-refractivity contribution in [1.29, 1.82) is 0 Å². The van der Waals surface area contributed by atoms with E-state index < -0.39 is 34.3 Å². The Morgan fingerprint density at radius 1 is 1.28 bits per heavy atom. The smallest absolute Gasteiger partial charge is 0.288 e. The average molecular weight is 419 g/mol. The number of Topliss-reactive ketones (excluding diaryl/α,β-unsaturated/α-hetero) is 1. The van der Waals surface area contributed by atoms with E-state index in [1.165, 1.54) is 25.1 Å². The molecule has 0 radical (unpaired) electrons. The van der Waals surface area contributed by atoms with Crippen LogP contribution in [0.3, 0.4) is 0 Å². The van der Waals surface area contributed by atoms with E-state index in [4.69, 9.17) is 16.3 Å². The second-order valence-electron chi connectivity index (χ2n) is 7.31. The van der Waals surface area contributed by atoms with Crippen molar-refractivity contribution in [2.75, 3.05) is 0 Å². The second-order valence-corrected chi connectivity index (χ2v) is 7.68. The second kappa shape index (κ2) is 7.46. The lowest BCUT2D eigenvalue weighted by molar-refractivity contribution is -0.384. The maximum absolute atomic E-state index is 12.9. The first-order valence-corrected chi connectivity index (χ1v) is 9.16. The maximum atomic E-state index is 12.9. The van der Waals surface area contributed by atoms with E-state index in [9.17, 15) is 24.8 Å². The quantitative estimate of drug-likeness (QED) is 0.446. The van der Waals surface area contributed by atoms with Crippen molar-refractivity contribution in [3.8, 4) is 5.75 Å². The van der Waals surface area contributed by atoms with Crippen LogP contribution >= 0.6 is 11.6 Å². The van der Waals surface area contributed by atoms with Crippen molar-refractivity contribution in [2.24, 2.45) is 0 Å². The van der Waals surface area contributed by atoms with Crippen molar-refractivity contribution in [2.45, 2.75) is 38.5 Å². The summed E-state index contributed by atoms with van der Waals surface area (Å²) in [6.07, 6.45) is -1.15. The van der Waals surface area contributed by atoms with Crippen LogP contribution in [0.15, 0.2) is 36.4 Å². The molecule has 3 rings (SSSR count). The summed E-state index contributed by atoms with van der Waals surface area (Å²) in [4.78, 5) is 35.0. The van der Waals surface area contributed by atoms with Gasteiger partial charge in [0.1, 0.15) is 22.5 Å². The molecule has 0 saturated carbocycles. The van der Waals surface area contributed by atoms with Gasteiger partial charge in [0.25, 0.3) is 11.6 Å². The summed E-state index contributed by atoms with van der Waals surface area (Å²) in [5.74, 6) is -0.459. The van der Waals surface area contributed by atoms with E-state index in [0.717, 1.165) is 0 Å². The normalized spacial score (nSPS) is 19.6. The number of benzene rings is 2. The van der Waals surface area contributed by atoms with Gasteiger partial charge in [-0.3, -0.25) is 19.7 Å². The zero-order valence-corrected chi connectivity index (χ0v) is 16.7. The molecule has 29 heavy (non-hydrogen) atoms. The zero-order chi connectivity index (χ0) is 21.5. The topological polar surface area (TPSA) is 119 Å². The van der Waals surface area contributed by atoms with Gasteiger partial charge in [-0.25, -0.2) is 0 Å². The highest BCUT2D eigenvalue weighted by Gasteiger charge is 2.44. The van der Waals surface area contributed by atoms with Crippen LogP contribution in [0.4, 0.5) is 5.69 Å². The molecule has 1 aliphatic heterocycles. The van der Waals surface area contributed by atoms with Gasteiger partial charge < -0.3 is 15.2 Å². The molecule has 0 unspecified atom stereocenters. The van der Waals surface area contributed by atoms with E-state index in [-0.39, 0.29) is 16.4 Å². The SMILES string of the molecule is CC(=O)c1ccc2c(c1)[C@H](NC(=O)c1cccc([N+](=O)[O-])c1Cl)[C@@H](O)C(C)(C)O2. The van der Waals surface area contributed by atoms with Crippen molar-refractivity contribution in [3.05, 3.63) is 68.2 Å². The third-order valence-electron chi connectivity index (χ3n) is 4.86. The average Bonchev–Trinajstić information content (AvgIpc) is 2.64. The molecule has 9 heteroatoms. The van der Waals surface area contributed by atoms with Crippen LogP contribution in [0.25, 0.3) is 0 Å². The molecule has 2 atom stereocenters. The van der Waals surface area contributed by atoms with E-state index in [1.807, 2.05) is 0 Å². The van der Waals surface area contributed by atoms with Gasteiger partial charge in [0.15, 0.2) is 5.78 Å². The number of fused-ring (bicyclic) bond motifs is 1. The summed E-state index contributed by atoms with van der Waals surface area (Å²) in [7, 11) is 0. The van der Waals surface area contributed by atoms with Gasteiger partial charge in [-0.1, -0.05) is 17.7 Å². The zero-order valence-electron chi connectivity index (χ0n) is 15.9. The number of nitro groups is 1. The number of aliphatic hydroxyl groups is 1. The van der Waals surface area contributed by atoms with E-state index in [2.05, 4.69) is 5.32 Å². The number of carbonyl (C=O) groups excluding carboxylic acids is 2. The molecule has 0 aromatic heterocycles. The van der Waals surface area contributed by atoms with Gasteiger partial charge in [0.2, 0.25) is 0 Å². The molecule has 8 nitrogen and oxygen atoms in total. The fraction of sp³-hybridized carbons (Fsp3) is 0.300. The van der Waals surface area contributed by atoms with Crippen LogP contribution in [0, 0.1) is 10.1 Å². The molecule has 0 spiro atoms. The molecule has 2 N–H and O–H groups in total. The predicted octanol–water partition coefficient (Wildman–Crippen LogP) is 3.45. The molecule has 1 aliphatic rings. The monoisotopic (exact) mass is 418 g/mol. The first kappa shape index (κ1) is 20.8. The van der Waals surface area contributed by atoms with Crippen molar-refractivity contribution in [1.82, 2.24) is 5.32 Å². The van der Waals surface area contributed by atoms with Gasteiger partial charge in [-0.05, 0) is 45.0 Å². The highest BCUT2D eigenvalue weighted by Crippen LogP contribution is 2.40. The molecule has 0 fully saturated rings. The highest BCUT2D eigenvalue weighted by molar-refractivity contribution is 6.35. The fourth-order valence-electron chi connectivity index (χ4n) is 3.23. The number of ether oxygens (including phenoxy) is 1. The number of nitrogens with one attached hydrogen (secondary N) is 1. The number of hydrogen-bond acceptors (Lipinski definition) is 6. The molecule has 2 aromatic carbocycles. The lowest BCUT2D eigenvalue weighted by Crippen LogP contribution is -2.53. The van der Waals surface area contributed by atoms with E-state index in [0.29, 0.717) is 16.9 Å². The summed E-state index contributed by atoms with van der Waals surface area (Å²) in [6.45, 7) is 4.74. The number of ketones is 1. The predicted molar refractivity (Wildman–Crippen MR) is 105 cm³/mol. The summed E-state index contributed by atoms with van der Waals surface area (Å²) >= 11 is 6.04. The van der Waals surface area contributed by atoms with Gasteiger partial charge in [0, 0.05) is 17.2 Å². The highest BCUT2D eigenvalue weighted by atomic mass is 35.5. The Morgan fingerprint density at radius 3 is 2.59 bits per heavy atom. The third-order valence-corrected chi connectivity index (χ3v) is 5.26. The summed E-state index contributed by atoms with van der Waals surface area (Å²) in [6, 6.07) is 7.75. The number of nitrogens with zero attached hydrogens (tertiary/aromatic N) is 1. The number of rotatable bonds is 4. The Hall–Kier alpha value is -2.97. The first-order valence-electron chi connectivity index (χ1n) is 8.78. The lowest BCUT2D eigenvalue weighted by Gasteiger charge is -2.42. The summed E-state index contributed by atoms with van der Waals surface area (Å²) < 4.78 is 5.83. The number of nitro benzene ring substituents is 1. The van der Waals surface area contributed by atoms with Gasteiger partial charge in [-0.15, -0.1) is 0 Å². The molecule has 0 saturated heterocycles. The van der Waals surface area contributed by atoms with Gasteiger partial charge >= 0.3 is 0 Å². The number of halogens is 1. The summed E-state index contributed by atoms with van der Waals surface area (Å²) in [5, 5.41) is 24.3. The number of amides is 1. The van der Waals surface area contributed by atoms with E-state index >= 15 is 0 Å². The molecule has 0 bridgehead atoms. The number of carbonyl (C=O) groups is 2. The largest absolute Gasteiger partial charge is 0.485 e. The minimum atomic E-state index is -1.15. The lowest BCUT2D eigenvalue weighted by atomic mass is 9.85. The Morgan fingerprint density at radius 2 is 1.97 bits per heavy atom. The first-order chi connectivity index (χ1) is 13.5. The summed E-state index contributed by atoms with van der Waals surface area (Å²) in [5.41, 5.74) is -0.700. The molecule has 152 valence electrons. The van der Waals surface area contributed by atoms with Crippen molar-refractivity contribution in [3.63, 3.8) is 0 Å². The van der Waals surface area contributed by atoms with Crippen LogP contribution < -0.4 is 10.1 Å². The molecular formula is C20H19ClN2O6. The van der Waals surface area contributed by atoms with E-state index in [1.54, 1.807) is 32.0 Å². The minimum absolute atomic E-state index is 0.0957. The number of aliphatic hydroxyl groups excluding tert-OH is 1. The fourth-order valence-corrected chi connectivity index (χ4v) is 3.51. The van der Waals surface area contributed by atoms with Crippen LogP contribution in [0.1, 0.15) is 53.1 Å². The number of hydrogen-bond donors (Lipinski definition) is 2. The molecule has 2 aromatic rings. The van der Waals surface area contributed by atoms with Crippen LogP contribution in [0.5, 0.6) is 5.75 Å². The van der Waals surface area contributed by atoms with Gasteiger partial charge in [0.05, 0.1) is 16.5 Å². The Bertz CT molecular complexity index is 1020. The molecular weight excluding hydrogens is 400 g/mol.